The number of methoxy groups -OCH3 is 2. The van der Waals surface area contributed by atoms with Crippen molar-refractivity contribution in [3.63, 3.8) is 0 Å². The molecule has 0 atom stereocenters. The summed E-state index contributed by atoms with van der Waals surface area (Å²) in [6, 6.07) is 1.56. The highest BCUT2D eigenvalue weighted by atomic mass is 19.2. The molecule has 0 amide bonds. The second kappa shape index (κ2) is 7.16. The molecule has 1 aromatic rings. The van der Waals surface area contributed by atoms with E-state index in [1.54, 1.807) is 0 Å². The third kappa shape index (κ3) is 3.78. The van der Waals surface area contributed by atoms with E-state index in [1.165, 1.54) is 0 Å². The summed E-state index contributed by atoms with van der Waals surface area (Å²) in [5.41, 5.74) is -1.98. The fourth-order valence-electron chi connectivity index (χ4n) is 1.44. The van der Waals surface area contributed by atoms with Crippen LogP contribution < -0.4 is 5.32 Å². The van der Waals surface area contributed by atoms with E-state index in [9.17, 15) is 23.2 Å². The van der Waals surface area contributed by atoms with Gasteiger partial charge >= 0.3 is 17.9 Å². The lowest BCUT2D eigenvalue weighted by Gasteiger charge is -2.12. The number of hydrogen-bond acceptors (Lipinski definition) is 6. The summed E-state index contributed by atoms with van der Waals surface area (Å²) < 4.78 is 35.4. The van der Waals surface area contributed by atoms with E-state index in [0.717, 1.165) is 20.3 Å². The highest BCUT2D eigenvalue weighted by Gasteiger charge is 2.22. The van der Waals surface area contributed by atoms with Gasteiger partial charge in [-0.2, -0.15) is 0 Å². The Balaban J connectivity index is 3.33. The smallest absolute Gasteiger partial charge is 0.354 e. The minimum absolute atomic E-state index is 0.438. The van der Waals surface area contributed by atoms with Crippen molar-refractivity contribution < 1.29 is 37.7 Å². The number of carbonyl (C=O) groups is 3. The van der Waals surface area contributed by atoms with E-state index in [0.29, 0.717) is 12.1 Å². The molecule has 1 aromatic carbocycles. The molecule has 1 rings (SSSR count). The largest absolute Gasteiger partial charge is 0.478 e. The maximum Gasteiger partial charge on any atom is 0.354 e. The van der Waals surface area contributed by atoms with E-state index in [1.807, 2.05) is 0 Å². The monoisotopic (exact) mass is 315 g/mol. The van der Waals surface area contributed by atoms with Crippen LogP contribution in [0.2, 0.25) is 0 Å². The van der Waals surface area contributed by atoms with Crippen molar-refractivity contribution in [1.82, 2.24) is 0 Å². The average molecular weight is 315 g/mol. The average Bonchev–Trinajstić information content (AvgIpc) is 2.48. The molecular weight excluding hydrogens is 304 g/mol. The summed E-state index contributed by atoms with van der Waals surface area (Å²) in [4.78, 5) is 33.7. The van der Waals surface area contributed by atoms with Gasteiger partial charge in [-0.05, 0) is 12.1 Å². The van der Waals surface area contributed by atoms with Crippen LogP contribution in [0.5, 0.6) is 0 Å². The highest BCUT2D eigenvalue weighted by Crippen LogP contribution is 2.23. The summed E-state index contributed by atoms with van der Waals surface area (Å²) in [5.74, 6) is -6.72. The van der Waals surface area contributed by atoms with Crippen LogP contribution in [0, 0.1) is 11.6 Å². The lowest BCUT2D eigenvalue weighted by Crippen LogP contribution is -2.18. The van der Waals surface area contributed by atoms with Gasteiger partial charge in [-0.15, -0.1) is 0 Å². The number of aromatic carboxylic acids is 1. The molecule has 0 heterocycles. The van der Waals surface area contributed by atoms with Crippen LogP contribution in [0.3, 0.4) is 0 Å². The molecule has 7 nitrogen and oxygen atoms in total. The quantitative estimate of drug-likeness (QED) is 0.624. The van der Waals surface area contributed by atoms with Crippen LogP contribution >= 0.6 is 0 Å². The number of esters is 2. The first-order chi connectivity index (χ1) is 10.3. The molecule has 0 radical (unpaired) electrons. The zero-order valence-corrected chi connectivity index (χ0v) is 11.5. The fraction of sp³-hybridized carbons (Fsp3) is 0.154. The van der Waals surface area contributed by atoms with Crippen LogP contribution in [0.4, 0.5) is 14.5 Å². The maximum absolute atomic E-state index is 13.6. The number of anilines is 1. The molecular formula is C13H11F2NO6. The standard InChI is InChI=1S/C13H11F2NO6/c1-21-9(17)5-8(13(20)22-2)16-7-4-3-6(14)11(15)10(7)12(18)19/h3-5,16H,1-2H3,(H,18,19)/b8-5+. The summed E-state index contributed by atoms with van der Waals surface area (Å²) >= 11 is 0. The van der Waals surface area contributed by atoms with Crippen molar-refractivity contribution in [2.24, 2.45) is 0 Å². The van der Waals surface area contributed by atoms with Gasteiger partial charge < -0.3 is 19.9 Å². The molecule has 2 N–H and O–H groups in total. The van der Waals surface area contributed by atoms with Crippen LogP contribution in [-0.4, -0.2) is 37.2 Å². The maximum atomic E-state index is 13.6. The van der Waals surface area contributed by atoms with E-state index in [-0.39, 0.29) is 0 Å². The van der Waals surface area contributed by atoms with Gasteiger partial charge in [0, 0.05) is 0 Å². The predicted molar refractivity (Wildman–Crippen MR) is 69.1 cm³/mol. The van der Waals surface area contributed by atoms with Gasteiger partial charge in [-0.25, -0.2) is 23.2 Å². The highest BCUT2D eigenvalue weighted by molar-refractivity contribution is 6.01. The first-order valence-corrected chi connectivity index (χ1v) is 5.68. The number of carboxylic acids is 1. The zero-order chi connectivity index (χ0) is 16.9. The van der Waals surface area contributed by atoms with Crippen molar-refractivity contribution in [2.45, 2.75) is 0 Å². The minimum Gasteiger partial charge on any atom is -0.478 e. The number of carbonyl (C=O) groups excluding carboxylic acids is 2. The number of hydrogen-bond donors (Lipinski definition) is 2. The van der Waals surface area contributed by atoms with Gasteiger partial charge in [0.2, 0.25) is 0 Å². The molecule has 0 aliphatic carbocycles. The fourth-order valence-corrected chi connectivity index (χ4v) is 1.44. The normalized spacial score (nSPS) is 10.8. The Morgan fingerprint density at radius 2 is 1.82 bits per heavy atom. The van der Waals surface area contributed by atoms with Crippen molar-refractivity contribution >= 4 is 23.6 Å². The summed E-state index contributed by atoms with van der Waals surface area (Å²) in [6.07, 6.45) is 0.679. The molecule has 0 aromatic heterocycles. The predicted octanol–water partition coefficient (Wildman–Crippen LogP) is 1.30. The van der Waals surface area contributed by atoms with Crippen molar-refractivity contribution in [2.75, 3.05) is 19.5 Å². The van der Waals surface area contributed by atoms with Crippen molar-refractivity contribution in [3.8, 4) is 0 Å². The molecule has 0 bridgehead atoms. The molecule has 0 aliphatic heterocycles. The lowest BCUT2D eigenvalue weighted by molar-refractivity contribution is -0.138. The number of benzene rings is 1. The lowest BCUT2D eigenvalue weighted by atomic mass is 10.1. The molecule has 118 valence electrons. The first-order valence-electron chi connectivity index (χ1n) is 5.68. The summed E-state index contributed by atoms with van der Waals surface area (Å²) in [6.45, 7) is 0. The topological polar surface area (TPSA) is 102 Å². The Hall–Kier alpha value is -2.97. The Morgan fingerprint density at radius 3 is 2.32 bits per heavy atom. The van der Waals surface area contributed by atoms with Crippen LogP contribution in [0.15, 0.2) is 23.9 Å². The Kier molecular flexibility index (Phi) is 5.56. The van der Waals surface area contributed by atoms with E-state index in [4.69, 9.17) is 5.11 Å². The van der Waals surface area contributed by atoms with Crippen LogP contribution in [0.25, 0.3) is 0 Å². The zero-order valence-electron chi connectivity index (χ0n) is 11.5. The molecule has 0 saturated heterocycles. The third-order valence-electron chi connectivity index (χ3n) is 2.45. The second-order valence-electron chi connectivity index (χ2n) is 3.79. The van der Waals surface area contributed by atoms with E-state index < -0.39 is 46.5 Å². The number of carboxylic acid groups (broad SMARTS) is 1. The van der Waals surface area contributed by atoms with Gasteiger partial charge in [-0.1, -0.05) is 0 Å². The van der Waals surface area contributed by atoms with Gasteiger partial charge in [0.1, 0.15) is 11.3 Å². The molecule has 0 aliphatic rings. The summed E-state index contributed by atoms with van der Waals surface area (Å²) in [7, 11) is 2.06. The SMILES string of the molecule is COC(=O)/C=C(/Nc1ccc(F)c(F)c1C(=O)O)C(=O)OC. The third-order valence-corrected chi connectivity index (χ3v) is 2.45. The van der Waals surface area contributed by atoms with Crippen LogP contribution in [0.1, 0.15) is 10.4 Å². The van der Waals surface area contributed by atoms with Gasteiger partial charge in [0.15, 0.2) is 11.6 Å². The molecule has 0 spiro atoms. The van der Waals surface area contributed by atoms with Crippen molar-refractivity contribution in [3.05, 3.63) is 41.1 Å². The van der Waals surface area contributed by atoms with Gasteiger partial charge in [-0.3, -0.25) is 0 Å². The minimum atomic E-state index is -1.76. The van der Waals surface area contributed by atoms with Crippen molar-refractivity contribution in [1.29, 1.82) is 0 Å². The Labute approximate surface area is 123 Å². The molecule has 0 fully saturated rings. The van der Waals surface area contributed by atoms with Gasteiger partial charge in [0.25, 0.3) is 0 Å². The van der Waals surface area contributed by atoms with E-state index >= 15 is 0 Å². The molecule has 0 unspecified atom stereocenters. The Morgan fingerprint density at radius 1 is 1.18 bits per heavy atom. The summed E-state index contributed by atoms with van der Waals surface area (Å²) in [5, 5.41) is 11.1. The molecule has 9 heteroatoms. The van der Waals surface area contributed by atoms with E-state index in [2.05, 4.69) is 14.8 Å². The first kappa shape index (κ1) is 17.1. The van der Waals surface area contributed by atoms with Gasteiger partial charge in [0.05, 0.1) is 26.0 Å². The van der Waals surface area contributed by atoms with Crippen LogP contribution in [-0.2, 0) is 19.1 Å². The number of rotatable bonds is 5. The number of halogens is 2. The molecule has 0 saturated carbocycles. The number of nitrogens with one attached hydrogen (secondary N) is 1. The molecule has 22 heavy (non-hydrogen) atoms. The Bertz CT molecular complexity index is 656. The second-order valence-corrected chi connectivity index (χ2v) is 3.79. The number of ether oxygens (including phenoxy) is 2.